The van der Waals surface area contributed by atoms with Crippen LogP contribution >= 0.6 is 21.6 Å². The van der Waals surface area contributed by atoms with E-state index in [4.69, 9.17) is 0 Å². The molecular formula is C11H15N3O2S2. The minimum Gasteiger partial charge on any atom is -0.351 e. The standard InChI is InChI=1S/C11H15N3O2S2/c1-12-9-2-3-11(16)14(9)6-10(15)13-8-4-5-17-18-7-8/h2-3,8H,4-7H2,1H3,(H,13,15)/b12-9-. The molecule has 5 nitrogen and oxygen atoms in total. The van der Waals surface area contributed by atoms with Gasteiger partial charge in [-0.3, -0.25) is 19.5 Å². The van der Waals surface area contributed by atoms with Crippen molar-refractivity contribution in [3.8, 4) is 0 Å². The fourth-order valence-corrected chi connectivity index (χ4v) is 4.22. The van der Waals surface area contributed by atoms with E-state index in [1.54, 1.807) is 23.9 Å². The van der Waals surface area contributed by atoms with Gasteiger partial charge >= 0.3 is 0 Å². The third-order valence-corrected chi connectivity index (χ3v) is 5.23. The van der Waals surface area contributed by atoms with Crippen molar-refractivity contribution in [2.24, 2.45) is 4.99 Å². The molecule has 0 radical (unpaired) electrons. The zero-order valence-corrected chi connectivity index (χ0v) is 11.7. The van der Waals surface area contributed by atoms with Gasteiger partial charge in [-0.05, 0) is 12.5 Å². The van der Waals surface area contributed by atoms with E-state index in [0.29, 0.717) is 5.84 Å². The van der Waals surface area contributed by atoms with Crippen molar-refractivity contribution in [1.29, 1.82) is 0 Å². The van der Waals surface area contributed by atoms with Gasteiger partial charge in [-0.25, -0.2) is 0 Å². The second-order valence-electron chi connectivity index (χ2n) is 4.00. The number of nitrogens with zero attached hydrogens (tertiary/aromatic N) is 2. The number of carbonyl (C=O) groups is 2. The highest BCUT2D eigenvalue weighted by Crippen LogP contribution is 2.29. The molecule has 1 atom stereocenters. The highest BCUT2D eigenvalue weighted by Gasteiger charge is 2.25. The van der Waals surface area contributed by atoms with Crippen molar-refractivity contribution < 1.29 is 9.59 Å². The second-order valence-corrected chi connectivity index (χ2v) is 6.63. The number of rotatable bonds is 3. The van der Waals surface area contributed by atoms with Crippen molar-refractivity contribution in [2.75, 3.05) is 25.1 Å². The van der Waals surface area contributed by atoms with Gasteiger partial charge in [0.2, 0.25) is 5.91 Å². The Hall–Kier alpha value is -0.950. The molecule has 0 aliphatic carbocycles. The Morgan fingerprint density at radius 2 is 2.39 bits per heavy atom. The molecule has 2 heterocycles. The largest absolute Gasteiger partial charge is 0.351 e. The molecule has 18 heavy (non-hydrogen) atoms. The summed E-state index contributed by atoms with van der Waals surface area (Å²) in [6, 6.07) is 0.219. The first-order valence-electron chi connectivity index (χ1n) is 5.71. The van der Waals surface area contributed by atoms with E-state index in [2.05, 4.69) is 10.3 Å². The Balaban J connectivity index is 1.85. The molecule has 1 N–H and O–H groups in total. The molecule has 2 aliphatic rings. The zero-order valence-electron chi connectivity index (χ0n) is 10.1. The van der Waals surface area contributed by atoms with Crippen LogP contribution < -0.4 is 5.32 Å². The molecule has 0 bridgehead atoms. The number of hydrogen-bond donors (Lipinski definition) is 1. The summed E-state index contributed by atoms with van der Waals surface area (Å²) < 4.78 is 0. The highest BCUT2D eigenvalue weighted by molar-refractivity contribution is 8.76. The Kier molecular flexibility index (Phi) is 4.71. The second kappa shape index (κ2) is 6.29. The van der Waals surface area contributed by atoms with Crippen molar-refractivity contribution in [1.82, 2.24) is 10.2 Å². The van der Waals surface area contributed by atoms with Gasteiger partial charge in [0.05, 0.1) is 0 Å². The van der Waals surface area contributed by atoms with Gasteiger partial charge in [0.15, 0.2) is 0 Å². The minimum absolute atomic E-state index is 0.0484. The number of nitrogens with one attached hydrogen (secondary N) is 1. The van der Waals surface area contributed by atoms with Crippen LogP contribution in [0, 0.1) is 0 Å². The molecule has 0 saturated carbocycles. The normalized spacial score (nSPS) is 25.8. The van der Waals surface area contributed by atoms with E-state index < -0.39 is 0 Å². The van der Waals surface area contributed by atoms with Crippen LogP contribution in [-0.4, -0.2) is 53.7 Å². The first-order valence-corrected chi connectivity index (χ1v) is 8.19. The lowest BCUT2D eigenvalue weighted by Crippen LogP contribution is -2.45. The number of hydrogen-bond acceptors (Lipinski definition) is 5. The third kappa shape index (κ3) is 3.29. The summed E-state index contributed by atoms with van der Waals surface area (Å²) in [5, 5.41) is 2.96. The highest BCUT2D eigenvalue weighted by atomic mass is 33.1. The van der Waals surface area contributed by atoms with E-state index in [0.717, 1.165) is 17.9 Å². The average Bonchev–Trinajstić information content (AvgIpc) is 2.72. The molecule has 2 rings (SSSR count). The molecule has 1 saturated heterocycles. The summed E-state index contributed by atoms with van der Waals surface area (Å²) in [6.45, 7) is 0.0484. The Labute approximate surface area is 114 Å². The predicted octanol–water partition coefficient (Wildman–Crippen LogP) is 0.683. The predicted molar refractivity (Wildman–Crippen MR) is 75.7 cm³/mol. The monoisotopic (exact) mass is 285 g/mol. The molecule has 98 valence electrons. The number of amidine groups is 1. The van der Waals surface area contributed by atoms with Crippen LogP contribution in [-0.2, 0) is 9.59 Å². The molecule has 1 unspecified atom stereocenters. The molecule has 0 aromatic rings. The lowest BCUT2D eigenvalue weighted by Gasteiger charge is -2.23. The first-order chi connectivity index (χ1) is 8.70. The van der Waals surface area contributed by atoms with E-state index in [1.807, 2.05) is 10.8 Å². The fourth-order valence-electron chi connectivity index (χ4n) is 1.79. The van der Waals surface area contributed by atoms with Gasteiger partial charge < -0.3 is 5.32 Å². The molecule has 7 heteroatoms. The number of amides is 2. The molecule has 0 aromatic heterocycles. The van der Waals surface area contributed by atoms with Crippen molar-refractivity contribution in [3.05, 3.63) is 12.2 Å². The van der Waals surface area contributed by atoms with Gasteiger partial charge in [0.1, 0.15) is 12.4 Å². The lowest BCUT2D eigenvalue weighted by molar-refractivity contribution is -0.129. The van der Waals surface area contributed by atoms with E-state index in [-0.39, 0.29) is 24.4 Å². The SMILES string of the molecule is C/N=C1/C=CC(=O)N1CC(=O)NC1CCSSC1. The van der Waals surface area contributed by atoms with Crippen molar-refractivity contribution in [2.45, 2.75) is 12.5 Å². The third-order valence-electron chi connectivity index (χ3n) is 2.72. The lowest BCUT2D eigenvalue weighted by atomic mass is 10.2. The van der Waals surface area contributed by atoms with Gasteiger partial charge in [0.25, 0.3) is 5.91 Å². The summed E-state index contributed by atoms with van der Waals surface area (Å²) >= 11 is 0. The van der Waals surface area contributed by atoms with Crippen LogP contribution in [0.4, 0.5) is 0 Å². The maximum atomic E-state index is 11.9. The number of carbonyl (C=O) groups excluding carboxylic acids is 2. The Morgan fingerprint density at radius 3 is 3.06 bits per heavy atom. The molecular weight excluding hydrogens is 270 g/mol. The maximum Gasteiger partial charge on any atom is 0.252 e. The average molecular weight is 285 g/mol. The van der Waals surface area contributed by atoms with Crippen LogP contribution in [0.25, 0.3) is 0 Å². The smallest absolute Gasteiger partial charge is 0.252 e. The topological polar surface area (TPSA) is 61.8 Å². The van der Waals surface area contributed by atoms with Gasteiger partial charge in [-0.1, -0.05) is 21.6 Å². The van der Waals surface area contributed by atoms with Gasteiger partial charge in [-0.15, -0.1) is 0 Å². The summed E-state index contributed by atoms with van der Waals surface area (Å²) in [5.41, 5.74) is 0. The van der Waals surface area contributed by atoms with Gasteiger partial charge in [0, 0.05) is 30.7 Å². The zero-order chi connectivity index (χ0) is 13.0. The van der Waals surface area contributed by atoms with Crippen LogP contribution in [0.2, 0.25) is 0 Å². The quantitative estimate of drug-likeness (QED) is 0.775. The molecule has 2 aliphatic heterocycles. The fraction of sp³-hybridized carbons (Fsp3) is 0.545. The first kappa shape index (κ1) is 13.5. The van der Waals surface area contributed by atoms with Crippen LogP contribution in [0.3, 0.4) is 0 Å². The summed E-state index contributed by atoms with van der Waals surface area (Å²) in [5.74, 6) is 2.23. The van der Waals surface area contributed by atoms with Crippen LogP contribution in [0.1, 0.15) is 6.42 Å². The maximum absolute atomic E-state index is 11.9. The van der Waals surface area contributed by atoms with Gasteiger partial charge in [-0.2, -0.15) is 0 Å². The molecule has 2 amide bonds. The summed E-state index contributed by atoms with van der Waals surface area (Å²) in [7, 11) is 5.22. The number of aliphatic imine (C=N–C) groups is 1. The van der Waals surface area contributed by atoms with Crippen molar-refractivity contribution in [3.63, 3.8) is 0 Å². The minimum atomic E-state index is -0.181. The Bertz CT molecular complexity index is 403. The van der Waals surface area contributed by atoms with Crippen molar-refractivity contribution >= 4 is 39.2 Å². The Morgan fingerprint density at radius 1 is 1.56 bits per heavy atom. The summed E-state index contributed by atoms with van der Waals surface area (Å²) in [4.78, 5) is 28.8. The van der Waals surface area contributed by atoms with Crippen LogP contribution in [0.15, 0.2) is 17.1 Å². The molecule has 1 fully saturated rings. The molecule has 0 spiro atoms. The molecule has 0 aromatic carbocycles. The summed E-state index contributed by atoms with van der Waals surface area (Å²) in [6.07, 6.45) is 4.05. The van der Waals surface area contributed by atoms with Crippen LogP contribution in [0.5, 0.6) is 0 Å². The van der Waals surface area contributed by atoms with E-state index >= 15 is 0 Å². The van der Waals surface area contributed by atoms with E-state index in [9.17, 15) is 9.59 Å². The van der Waals surface area contributed by atoms with E-state index in [1.165, 1.54) is 11.0 Å².